The van der Waals surface area contributed by atoms with Crippen molar-refractivity contribution in [3.8, 4) is 0 Å². The number of hydrazine groups is 2. The second-order valence-electron chi connectivity index (χ2n) is 6.38. The Morgan fingerprint density at radius 1 is 1.00 bits per heavy atom. The van der Waals surface area contributed by atoms with Crippen LogP contribution in [0.5, 0.6) is 0 Å². The zero-order valence-corrected chi connectivity index (χ0v) is 18.6. The van der Waals surface area contributed by atoms with Crippen molar-refractivity contribution in [3.05, 3.63) is 71.8 Å². The van der Waals surface area contributed by atoms with Gasteiger partial charge in [-0.3, -0.25) is 24.8 Å². The predicted molar refractivity (Wildman–Crippen MR) is 122 cm³/mol. The van der Waals surface area contributed by atoms with E-state index in [2.05, 4.69) is 18.1 Å². The van der Waals surface area contributed by atoms with Gasteiger partial charge >= 0.3 is 0 Å². The van der Waals surface area contributed by atoms with E-state index in [1.807, 2.05) is 48.5 Å². The zero-order chi connectivity index (χ0) is 22.3. The zero-order valence-electron chi connectivity index (χ0n) is 16.9. The van der Waals surface area contributed by atoms with E-state index in [9.17, 15) is 14.4 Å². The first kappa shape index (κ1) is 23.2. The molecule has 2 aromatic rings. The summed E-state index contributed by atoms with van der Waals surface area (Å²) in [5.41, 5.74) is 4.03. The van der Waals surface area contributed by atoms with E-state index in [0.717, 1.165) is 16.1 Å². The first-order valence-electron chi connectivity index (χ1n) is 9.03. The summed E-state index contributed by atoms with van der Waals surface area (Å²) in [5, 5.41) is 2.63. The van der Waals surface area contributed by atoms with Gasteiger partial charge < -0.3 is 0 Å². The third-order valence-electron chi connectivity index (χ3n) is 4.10. The molecule has 0 bridgehead atoms. The minimum Gasteiger partial charge on any atom is -0.277 e. The molecule has 0 saturated heterocycles. The second-order valence-corrected chi connectivity index (χ2v) is 7.19. The van der Waals surface area contributed by atoms with Crippen LogP contribution in [-0.4, -0.2) is 56.6 Å². The minimum absolute atomic E-state index is 0.391. The Labute approximate surface area is 186 Å². The van der Waals surface area contributed by atoms with Crippen LogP contribution in [0.2, 0.25) is 0 Å². The van der Waals surface area contributed by atoms with Crippen LogP contribution in [0.3, 0.4) is 0 Å². The maximum absolute atomic E-state index is 12.7. The van der Waals surface area contributed by atoms with E-state index >= 15 is 0 Å². The lowest BCUT2D eigenvalue weighted by Gasteiger charge is -2.21. The van der Waals surface area contributed by atoms with Crippen molar-refractivity contribution in [3.63, 3.8) is 0 Å². The number of thiocarbonyl (C=S) groups is 1. The molecule has 0 aromatic heterocycles. The van der Waals surface area contributed by atoms with Crippen molar-refractivity contribution < 1.29 is 19.1 Å². The average Bonchev–Trinajstić information content (AvgIpc) is 2.73. The Balaban J connectivity index is 2.10. The van der Waals surface area contributed by atoms with Crippen LogP contribution in [0.1, 0.15) is 24.5 Å². The van der Waals surface area contributed by atoms with Crippen molar-refractivity contribution in [2.24, 2.45) is 0 Å². The minimum atomic E-state index is -0.691. The number of hydrogen-bond acceptors (Lipinski definition) is 4. The maximum atomic E-state index is 12.7. The fourth-order valence-corrected chi connectivity index (χ4v) is 3.11. The van der Waals surface area contributed by atoms with Crippen LogP contribution in [0.4, 0.5) is 0 Å². The number of rotatable bonds is 5. The molecule has 0 radical (unpaired) electrons. The lowest BCUT2D eigenvalue weighted by atomic mass is 10.2. The van der Waals surface area contributed by atoms with E-state index in [1.54, 1.807) is 19.2 Å². The second kappa shape index (κ2) is 10.7. The number of hydrazone groups is 1. The molecule has 0 atom stereocenters. The third-order valence-corrected chi connectivity index (χ3v) is 5.16. The summed E-state index contributed by atoms with van der Waals surface area (Å²) in [5.74, 6) is -1.82. The number of carbonyl (C=O) groups excluding carboxylic acids is 3. The topological polar surface area (TPSA) is 72.7 Å². The fourth-order valence-electron chi connectivity index (χ4n) is 2.69. The van der Waals surface area contributed by atoms with Crippen LogP contribution in [0.25, 0.3) is 0 Å². The molecule has 1 N–H and O–H groups in total. The Morgan fingerprint density at radius 2 is 1.50 bits per heavy atom. The molecule has 0 unspecified atom stereocenters. The molecular formula is C21H23N4O3S2+. The van der Waals surface area contributed by atoms with Gasteiger partial charge in [0.2, 0.25) is 5.91 Å². The number of carbonyl (C=O) groups is 3. The molecule has 0 spiro atoms. The van der Waals surface area contributed by atoms with Crippen molar-refractivity contribution in [2.45, 2.75) is 13.3 Å². The Morgan fingerprint density at radius 3 is 2.00 bits per heavy atom. The smallest absolute Gasteiger partial charge is 0.277 e. The van der Waals surface area contributed by atoms with Crippen molar-refractivity contribution in [1.82, 2.24) is 15.4 Å². The van der Waals surface area contributed by atoms with Crippen LogP contribution in [0.15, 0.2) is 60.7 Å². The molecule has 0 fully saturated rings. The van der Waals surface area contributed by atoms with Crippen molar-refractivity contribution >= 4 is 52.6 Å². The van der Waals surface area contributed by atoms with E-state index in [4.69, 9.17) is 12.2 Å². The van der Waals surface area contributed by atoms with Gasteiger partial charge in [0, 0.05) is 19.5 Å². The molecule has 2 rings (SSSR count). The van der Waals surface area contributed by atoms with E-state index in [0.29, 0.717) is 10.0 Å². The molecule has 0 heterocycles. The summed E-state index contributed by atoms with van der Waals surface area (Å²) < 4.78 is 1.31. The molecule has 3 amide bonds. The van der Waals surface area contributed by atoms with Gasteiger partial charge in [-0.1, -0.05) is 78.1 Å². The van der Waals surface area contributed by atoms with Gasteiger partial charge in [0.05, 0.1) is 5.56 Å². The first-order valence-corrected chi connectivity index (χ1v) is 9.89. The van der Waals surface area contributed by atoms with Gasteiger partial charge in [-0.15, -0.1) is 0 Å². The molecule has 0 saturated carbocycles. The summed E-state index contributed by atoms with van der Waals surface area (Å²) >= 11 is 9.77. The number of nitrogens with one attached hydrogen (secondary N) is 1. The summed E-state index contributed by atoms with van der Waals surface area (Å²) in [7, 11) is 3.12. The highest BCUT2D eigenvalue weighted by Gasteiger charge is 2.31. The maximum Gasteiger partial charge on any atom is 0.296 e. The predicted octanol–water partition coefficient (Wildman–Crippen LogP) is 2.02. The first-order chi connectivity index (χ1) is 14.2. The van der Waals surface area contributed by atoms with Crippen LogP contribution in [0, 0.1) is 0 Å². The number of imide groups is 1. The van der Waals surface area contributed by atoms with Crippen molar-refractivity contribution in [1.29, 1.82) is 0 Å². The number of nitrogens with zero attached hydrogens (tertiary/aromatic N) is 3. The number of benzene rings is 2. The fraction of sp³-hybridized carbons (Fsp3) is 0.190. The average molecular weight is 444 g/mol. The molecule has 2 aromatic carbocycles. The highest BCUT2D eigenvalue weighted by molar-refractivity contribution is 7.97. The lowest BCUT2D eigenvalue weighted by Crippen LogP contribution is -2.48. The molecular weight excluding hydrogens is 420 g/mol. The van der Waals surface area contributed by atoms with Gasteiger partial charge in [0.25, 0.3) is 16.9 Å². The third kappa shape index (κ3) is 5.98. The Bertz CT molecular complexity index is 978. The molecule has 0 aliphatic heterocycles. The number of thiol groups is 1. The van der Waals surface area contributed by atoms with E-state index in [-0.39, 0.29) is 0 Å². The lowest BCUT2D eigenvalue weighted by molar-refractivity contribution is -0.625. The highest BCUT2D eigenvalue weighted by Crippen LogP contribution is 2.08. The van der Waals surface area contributed by atoms with Gasteiger partial charge in [-0.2, -0.15) is 0 Å². The van der Waals surface area contributed by atoms with Gasteiger partial charge in [-0.05, 0) is 17.1 Å². The largest absolute Gasteiger partial charge is 0.296 e. The van der Waals surface area contributed by atoms with E-state index in [1.165, 1.54) is 23.7 Å². The molecule has 156 valence electrons. The van der Waals surface area contributed by atoms with Crippen LogP contribution >= 0.6 is 24.8 Å². The van der Waals surface area contributed by atoms with E-state index < -0.39 is 24.1 Å². The summed E-state index contributed by atoms with van der Waals surface area (Å²) in [6.45, 7) is 1.25. The molecule has 9 heteroatoms. The normalized spacial score (nSPS) is 11.2. The van der Waals surface area contributed by atoms with Gasteiger partial charge in [-0.25, -0.2) is 0 Å². The Kier molecular flexibility index (Phi) is 8.25. The van der Waals surface area contributed by atoms with Gasteiger partial charge in [0.15, 0.2) is 7.05 Å². The Hall–Kier alpha value is -3.04. The number of amides is 3. The summed E-state index contributed by atoms with van der Waals surface area (Å²) in [4.78, 5) is 37.6. The monoisotopic (exact) mass is 443 g/mol. The number of hydrogen-bond donors (Lipinski definition) is 2. The molecule has 30 heavy (non-hydrogen) atoms. The van der Waals surface area contributed by atoms with Gasteiger partial charge in [0.1, 0.15) is 11.4 Å². The molecule has 7 nitrogen and oxygen atoms in total. The van der Waals surface area contributed by atoms with Crippen molar-refractivity contribution in [2.75, 3.05) is 14.1 Å². The summed E-state index contributed by atoms with van der Waals surface area (Å²) in [6.07, 6.45) is -0.540. The van der Waals surface area contributed by atoms with Crippen LogP contribution < -0.4 is 5.43 Å². The SMILES string of the molecule is CC(=O)N(C(=O)CC(=O)NN(C)C(=S)c1ccccc1)/[N+](C)=C(\S)c1ccccc1. The quantitative estimate of drug-likeness (QED) is 0.141. The van der Waals surface area contributed by atoms with Crippen LogP contribution in [-0.2, 0) is 14.4 Å². The standard InChI is InChI=1S/C21H22N4O3S2/c1-15(26)25(24(3)21(30)17-12-8-5-9-13-17)19(28)14-18(27)22-23(2)20(29)16-10-6-4-7-11-16/h4-13H,14H2,1-3H3,(H,22,27)/p+1. The summed E-state index contributed by atoms with van der Waals surface area (Å²) in [6, 6.07) is 18.2. The highest BCUT2D eigenvalue weighted by atomic mass is 32.1. The molecule has 0 aliphatic rings. The molecule has 0 aliphatic carbocycles.